The van der Waals surface area contributed by atoms with E-state index in [2.05, 4.69) is 4.90 Å². The number of nitrogens with zero attached hydrogens (tertiary/aromatic N) is 2. The summed E-state index contributed by atoms with van der Waals surface area (Å²) in [5.41, 5.74) is 0. The molecule has 5 heteroatoms. The van der Waals surface area contributed by atoms with E-state index in [1.54, 1.807) is 0 Å². The third kappa shape index (κ3) is 7.82. The molecule has 1 N–H and O–H groups in total. The van der Waals surface area contributed by atoms with Crippen molar-refractivity contribution in [1.82, 2.24) is 9.80 Å². The van der Waals surface area contributed by atoms with Crippen LogP contribution in [-0.2, 0) is 9.59 Å². The van der Waals surface area contributed by atoms with Crippen LogP contribution >= 0.6 is 0 Å². The zero-order chi connectivity index (χ0) is 14.8. The third-order valence-corrected chi connectivity index (χ3v) is 3.30. The predicted octanol–water partition coefficient (Wildman–Crippen LogP) is 1.82. The molecule has 0 unspecified atom stereocenters. The van der Waals surface area contributed by atoms with Gasteiger partial charge in [0.1, 0.15) is 0 Å². The van der Waals surface area contributed by atoms with E-state index < -0.39 is 5.97 Å². The van der Waals surface area contributed by atoms with Crippen LogP contribution in [0.25, 0.3) is 0 Å². The highest BCUT2D eigenvalue weighted by Gasteiger charge is 2.13. The van der Waals surface area contributed by atoms with Gasteiger partial charge in [0.05, 0.1) is 6.42 Å². The summed E-state index contributed by atoms with van der Waals surface area (Å²) in [4.78, 5) is 26.4. The molecule has 0 fully saturated rings. The number of amides is 1. The lowest BCUT2D eigenvalue weighted by molar-refractivity contribution is -0.137. The SMILES string of the molecule is CCN(CC)C(=O)CCCN(CCC(=O)O)C(C)C. The molecular formula is C14H28N2O3. The maximum Gasteiger partial charge on any atom is 0.304 e. The van der Waals surface area contributed by atoms with Gasteiger partial charge < -0.3 is 14.9 Å². The second kappa shape index (κ2) is 9.78. The highest BCUT2D eigenvalue weighted by atomic mass is 16.4. The van der Waals surface area contributed by atoms with Crippen molar-refractivity contribution in [2.45, 2.75) is 53.0 Å². The van der Waals surface area contributed by atoms with Gasteiger partial charge in [0, 0.05) is 32.1 Å². The molecule has 19 heavy (non-hydrogen) atoms. The van der Waals surface area contributed by atoms with Crippen molar-refractivity contribution >= 4 is 11.9 Å². The van der Waals surface area contributed by atoms with Gasteiger partial charge in [-0.25, -0.2) is 0 Å². The van der Waals surface area contributed by atoms with Crippen molar-refractivity contribution in [1.29, 1.82) is 0 Å². The van der Waals surface area contributed by atoms with E-state index in [0.717, 1.165) is 26.1 Å². The Labute approximate surface area is 116 Å². The van der Waals surface area contributed by atoms with Crippen LogP contribution in [0.15, 0.2) is 0 Å². The second-order valence-electron chi connectivity index (χ2n) is 4.94. The Morgan fingerprint density at radius 3 is 2.05 bits per heavy atom. The average molecular weight is 272 g/mol. The molecule has 0 aromatic heterocycles. The molecule has 0 saturated heterocycles. The molecule has 0 rings (SSSR count). The number of hydrogen-bond donors (Lipinski definition) is 1. The lowest BCUT2D eigenvalue weighted by atomic mass is 10.2. The first kappa shape index (κ1) is 17.9. The maximum absolute atomic E-state index is 11.8. The molecule has 0 aliphatic carbocycles. The van der Waals surface area contributed by atoms with Crippen molar-refractivity contribution in [3.63, 3.8) is 0 Å². The van der Waals surface area contributed by atoms with E-state index in [9.17, 15) is 9.59 Å². The summed E-state index contributed by atoms with van der Waals surface area (Å²) < 4.78 is 0. The van der Waals surface area contributed by atoms with Crippen LogP contribution in [0.5, 0.6) is 0 Å². The van der Waals surface area contributed by atoms with E-state index >= 15 is 0 Å². The average Bonchev–Trinajstić information content (AvgIpc) is 2.34. The molecule has 0 aliphatic rings. The summed E-state index contributed by atoms with van der Waals surface area (Å²) in [6, 6.07) is 0.308. The normalized spacial score (nSPS) is 11.1. The van der Waals surface area contributed by atoms with Gasteiger partial charge in [0.2, 0.25) is 5.91 Å². The molecule has 0 atom stereocenters. The summed E-state index contributed by atoms with van der Waals surface area (Å²) >= 11 is 0. The van der Waals surface area contributed by atoms with Crippen molar-refractivity contribution in [2.24, 2.45) is 0 Å². The number of rotatable bonds is 10. The Morgan fingerprint density at radius 2 is 1.63 bits per heavy atom. The minimum atomic E-state index is -0.773. The molecule has 0 saturated carbocycles. The second-order valence-corrected chi connectivity index (χ2v) is 4.94. The first-order valence-electron chi connectivity index (χ1n) is 7.15. The van der Waals surface area contributed by atoms with Crippen molar-refractivity contribution in [3.05, 3.63) is 0 Å². The van der Waals surface area contributed by atoms with Crippen LogP contribution in [0.4, 0.5) is 0 Å². The molecule has 0 aromatic carbocycles. The minimum absolute atomic E-state index is 0.155. The van der Waals surface area contributed by atoms with Crippen molar-refractivity contribution in [3.8, 4) is 0 Å². The van der Waals surface area contributed by atoms with Gasteiger partial charge >= 0.3 is 5.97 Å². The molecule has 0 aromatic rings. The molecule has 112 valence electrons. The lowest BCUT2D eigenvalue weighted by Crippen LogP contribution is -2.35. The van der Waals surface area contributed by atoms with Gasteiger partial charge in [-0.3, -0.25) is 9.59 Å². The topological polar surface area (TPSA) is 60.9 Å². The Kier molecular flexibility index (Phi) is 9.21. The van der Waals surface area contributed by atoms with E-state index in [0.29, 0.717) is 19.0 Å². The van der Waals surface area contributed by atoms with Gasteiger partial charge in [-0.2, -0.15) is 0 Å². The number of aliphatic carboxylic acids is 1. The predicted molar refractivity (Wildman–Crippen MR) is 76.1 cm³/mol. The minimum Gasteiger partial charge on any atom is -0.481 e. The third-order valence-electron chi connectivity index (χ3n) is 3.30. The Morgan fingerprint density at radius 1 is 1.05 bits per heavy atom. The summed E-state index contributed by atoms with van der Waals surface area (Å²) in [5.74, 6) is -0.586. The van der Waals surface area contributed by atoms with Crippen molar-refractivity contribution < 1.29 is 14.7 Å². The number of carbonyl (C=O) groups is 2. The van der Waals surface area contributed by atoms with Crippen LogP contribution < -0.4 is 0 Å². The standard InChI is InChI=1S/C14H28N2O3/c1-5-15(6-2)13(17)8-7-10-16(12(3)4)11-9-14(18)19/h12H,5-11H2,1-4H3,(H,18,19). The molecule has 0 radical (unpaired) electrons. The summed E-state index contributed by atoms with van der Waals surface area (Å²) in [5, 5.41) is 8.71. The van der Waals surface area contributed by atoms with Crippen LogP contribution in [0.3, 0.4) is 0 Å². The quantitative estimate of drug-likeness (QED) is 0.659. The smallest absolute Gasteiger partial charge is 0.304 e. The van der Waals surface area contributed by atoms with E-state index in [4.69, 9.17) is 5.11 Å². The first-order valence-corrected chi connectivity index (χ1v) is 7.15. The fraction of sp³-hybridized carbons (Fsp3) is 0.857. The van der Waals surface area contributed by atoms with E-state index in [1.807, 2.05) is 32.6 Å². The van der Waals surface area contributed by atoms with Gasteiger partial charge in [-0.05, 0) is 40.7 Å². The summed E-state index contributed by atoms with van der Waals surface area (Å²) in [6.45, 7) is 10.9. The first-order chi connectivity index (χ1) is 8.92. The van der Waals surface area contributed by atoms with Crippen LogP contribution in [0.2, 0.25) is 0 Å². The number of hydrogen-bond acceptors (Lipinski definition) is 3. The molecule has 1 amide bonds. The Bertz CT molecular complexity index is 276. The molecule has 5 nitrogen and oxygen atoms in total. The summed E-state index contributed by atoms with van der Waals surface area (Å²) in [6.07, 6.45) is 1.48. The maximum atomic E-state index is 11.8. The highest BCUT2D eigenvalue weighted by Crippen LogP contribution is 2.05. The lowest BCUT2D eigenvalue weighted by Gasteiger charge is -2.26. The Balaban J connectivity index is 4.05. The zero-order valence-corrected chi connectivity index (χ0v) is 12.7. The van der Waals surface area contributed by atoms with Gasteiger partial charge in [-0.1, -0.05) is 0 Å². The molecule has 0 spiro atoms. The summed E-state index contributed by atoms with van der Waals surface area (Å²) in [7, 11) is 0. The largest absolute Gasteiger partial charge is 0.481 e. The number of carboxylic acids is 1. The number of carbonyl (C=O) groups excluding carboxylic acids is 1. The van der Waals surface area contributed by atoms with Gasteiger partial charge in [0.25, 0.3) is 0 Å². The Hall–Kier alpha value is -1.10. The van der Waals surface area contributed by atoms with E-state index in [1.165, 1.54) is 0 Å². The molecule has 0 aliphatic heterocycles. The fourth-order valence-electron chi connectivity index (χ4n) is 2.04. The monoisotopic (exact) mass is 272 g/mol. The molecular weight excluding hydrogens is 244 g/mol. The van der Waals surface area contributed by atoms with Crippen LogP contribution in [-0.4, -0.2) is 59.0 Å². The van der Waals surface area contributed by atoms with Gasteiger partial charge in [-0.15, -0.1) is 0 Å². The number of carboxylic acid groups (broad SMARTS) is 1. The van der Waals surface area contributed by atoms with E-state index in [-0.39, 0.29) is 12.3 Å². The highest BCUT2D eigenvalue weighted by molar-refractivity contribution is 5.76. The van der Waals surface area contributed by atoms with Crippen LogP contribution in [0, 0.1) is 0 Å². The zero-order valence-electron chi connectivity index (χ0n) is 12.7. The van der Waals surface area contributed by atoms with Crippen LogP contribution in [0.1, 0.15) is 47.0 Å². The van der Waals surface area contributed by atoms with Gasteiger partial charge in [0.15, 0.2) is 0 Å². The fourth-order valence-corrected chi connectivity index (χ4v) is 2.04. The molecule has 0 heterocycles. The molecule has 0 bridgehead atoms. The van der Waals surface area contributed by atoms with Crippen molar-refractivity contribution in [2.75, 3.05) is 26.2 Å².